The number of anilines is 1. The number of nitrogens with two attached hydrogens (primary N) is 1. The number of fused-ring (bicyclic) bond motifs is 1. The lowest BCUT2D eigenvalue weighted by molar-refractivity contribution is 0.309. The van der Waals surface area contributed by atoms with Gasteiger partial charge in [-0.2, -0.15) is 0 Å². The van der Waals surface area contributed by atoms with Crippen LogP contribution in [-0.2, 0) is 0 Å². The van der Waals surface area contributed by atoms with Gasteiger partial charge in [0.05, 0.1) is 10.6 Å². The van der Waals surface area contributed by atoms with Crippen LogP contribution in [0.1, 0.15) is 19.8 Å². The zero-order valence-corrected chi connectivity index (χ0v) is 21.0. The summed E-state index contributed by atoms with van der Waals surface area (Å²) in [6.45, 7) is 8.51. The maximum Gasteiger partial charge on any atom is 0.170 e. The Morgan fingerprint density at radius 1 is 1.09 bits per heavy atom. The first-order valence-corrected chi connectivity index (χ1v) is 12.4. The molecule has 3 heterocycles. The minimum atomic E-state index is -0.261. The molecule has 1 saturated heterocycles. The Morgan fingerprint density at radius 3 is 2.46 bits per heavy atom. The summed E-state index contributed by atoms with van der Waals surface area (Å²) >= 11 is 12.8. The molecule has 0 spiro atoms. The fourth-order valence-electron chi connectivity index (χ4n) is 4.82. The van der Waals surface area contributed by atoms with E-state index in [9.17, 15) is 0 Å². The monoisotopic (exact) mass is 507 g/mol. The van der Waals surface area contributed by atoms with Crippen molar-refractivity contribution in [1.82, 2.24) is 24.8 Å². The van der Waals surface area contributed by atoms with Gasteiger partial charge in [-0.15, -0.1) is 0 Å². The number of likely N-dealkylation sites (N-methyl/N-ethyl adjacent to an activating group) is 1. The molecule has 0 bridgehead atoms. The highest BCUT2D eigenvalue weighted by molar-refractivity contribution is 6.33. The summed E-state index contributed by atoms with van der Waals surface area (Å²) in [5.41, 5.74) is 9.76. The molecule has 2 aromatic heterocycles. The first-order valence-electron chi connectivity index (χ1n) is 11.6. The van der Waals surface area contributed by atoms with Crippen LogP contribution in [0.15, 0.2) is 67.1 Å². The molecule has 0 amide bonds. The van der Waals surface area contributed by atoms with Gasteiger partial charge in [-0.05, 0) is 55.8 Å². The van der Waals surface area contributed by atoms with Gasteiger partial charge in [-0.3, -0.25) is 4.57 Å². The third-order valence-corrected chi connectivity index (χ3v) is 7.25. The molecule has 0 atom stereocenters. The van der Waals surface area contributed by atoms with Gasteiger partial charge in [0.25, 0.3) is 0 Å². The van der Waals surface area contributed by atoms with Crippen LogP contribution in [0.25, 0.3) is 28.2 Å². The van der Waals surface area contributed by atoms with Gasteiger partial charge >= 0.3 is 0 Å². The van der Waals surface area contributed by atoms with E-state index in [0.29, 0.717) is 27.2 Å². The van der Waals surface area contributed by atoms with Crippen LogP contribution in [0, 0.1) is 0 Å². The van der Waals surface area contributed by atoms with Crippen molar-refractivity contribution in [2.75, 3.05) is 24.5 Å². The van der Waals surface area contributed by atoms with E-state index in [1.54, 1.807) is 6.33 Å². The van der Waals surface area contributed by atoms with Crippen molar-refractivity contribution < 1.29 is 0 Å². The lowest BCUT2D eigenvalue weighted by Gasteiger charge is -2.43. The molecule has 180 valence electrons. The predicted molar refractivity (Wildman–Crippen MR) is 143 cm³/mol. The Balaban J connectivity index is 1.63. The molecule has 2 aromatic carbocycles. The van der Waals surface area contributed by atoms with Crippen LogP contribution in [0.5, 0.6) is 0 Å². The molecule has 4 aromatic rings. The fourth-order valence-corrected chi connectivity index (χ4v) is 5.17. The van der Waals surface area contributed by atoms with Crippen LogP contribution in [0.3, 0.4) is 0 Å². The first kappa shape index (κ1) is 23.6. The van der Waals surface area contributed by atoms with E-state index < -0.39 is 0 Å². The molecule has 5 rings (SSSR count). The summed E-state index contributed by atoms with van der Waals surface area (Å²) in [5.74, 6) is 1.49. The highest BCUT2D eigenvalue weighted by Gasteiger charge is 2.36. The third kappa shape index (κ3) is 4.24. The summed E-state index contributed by atoms with van der Waals surface area (Å²) in [6.07, 6.45) is 3.25. The van der Waals surface area contributed by atoms with E-state index in [4.69, 9.17) is 33.9 Å². The van der Waals surface area contributed by atoms with Crippen LogP contribution in [0.2, 0.25) is 10.0 Å². The van der Waals surface area contributed by atoms with Crippen molar-refractivity contribution in [2.24, 2.45) is 5.73 Å². The molecule has 1 aliphatic heterocycles. The highest BCUT2D eigenvalue weighted by atomic mass is 35.5. The number of imidazole rings is 1. The summed E-state index contributed by atoms with van der Waals surface area (Å²) in [4.78, 5) is 16.6. The number of aromatic nitrogens is 4. The van der Waals surface area contributed by atoms with Crippen LogP contribution in [-0.4, -0.2) is 44.7 Å². The molecule has 0 unspecified atom stereocenters. The SMILES string of the molecule is C=C(N)C1(NCC)CCN(c2ncnc3c2nc(-c2ccccc2Cl)n3-c2ccc(Cl)cc2)CC1. The van der Waals surface area contributed by atoms with E-state index in [1.807, 2.05) is 53.1 Å². The van der Waals surface area contributed by atoms with E-state index in [0.717, 1.165) is 55.1 Å². The number of hydrogen-bond donors (Lipinski definition) is 2. The molecule has 35 heavy (non-hydrogen) atoms. The lowest BCUT2D eigenvalue weighted by Crippen LogP contribution is -2.56. The summed E-state index contributed by atoms with van der Waals surface area (Å²) in [6, 6.07) is 15.3. The molecule has 0 radical (unpaired) electrons. The minimum absolute atomic E-state index is 0.261. The van der Waals surface area contributed by atoms with Gasteiger partial charge in [-0.25, -0.2) is 15.0 Å². The number of nitrogens with one attached hydrogen (secondary N) is 1. The molecular formula is C26H27Cl2N7. The largest absolute Gasteiger partial charge is 0.401 e. The number of halogens is 2. The number of piperidine rings is 1. The minimum Gasteiger partial charge on any atom is -0.401 e. The molecular weight excluding hydrogens is 481 g/mol. The van der Waals surface area contributed by atoms with Crippen LogP contribution < -0.4 is 16.0 Å². The Hall–Kier alpha value is -3.13. The van der Waals surface area contributed by atoms with Gasteiger partial charge < -0.3 is 16.0 Å². The van der Waals surface area contributed by atoms with Crippen molar-refractivity contribution >= 4 is 40.2 Å². The Bertz CT molecular complexity index is 1370. The number of rotatable bonds is 6. The molecule has 3 N–H and O–H groups in total. The zero-order chi connectivity index (χ0) is 24.6. The predicted octanol–water partition coefficient (Wildman–Crippen LogP) is 5.21. The third-order valence-electron chi connectivity index (χ3n) is 6.67. The average Bonchev–Trinajstić information content (AvgIpc) is 3.25. The second kappa shape index (κ2) is 9.49. The van der Waals surface area contributed by atoms with Crippen molar-refractivity contribution in [1.29, 1.82) is 0 Å². The van der Waals surface area contributed by atoms with Crippen molar-refractivity contribution in [3.63, 3.8) is 0 Å². The molecule has 7 nitrogen and oxygen atoms in total. The molecule has 9 heteroatoms. The normalized spacial score (nSPS) is 15.5. The van der Waals surface area contributed by atoms with Gasteiger partial charge in [0.2, 0.25) is 0 Å². The quantitative estimate of drug-likeness (QED) is 0.372. The van der Waals surface area contributed by atoms with E-state index in [2.05, 4.69) is 33.7 Å². The number of nitrogens with zero attached hydrogens (tertiary/aromatic N) is 5. The summed E-state index contributed by atoms with van der Waals surface area (Å²) < 4.78 is 2.01. The smallest absolute Gasteiger partial charge is 0.170 e. The molecule has 1 fully saturated rings. The standard InChI is InChI=1S/C26H27Cl2N7/c1-3-32-26(17(2)29)12-14-34(15-13-26)24-22-25(31-16-30-24)35(19-10-8-18(27)9-11-19)23(33-22)20-6-4-5-7-21(20)28/h4-11,16,32H,2-3,12-15,29H2,1H3. The van der Waals surface area contributed by atoms with Crippen LogP contribution >= 0.6 is 23.2 Å². The number of hydrogen-bond acceptors (Lipinski definition) is 6. The van der Waals surface area contributed by atoms with Crippen molar-refractivity contribution in [3.8, 4) is 17.1 Å². The Morgan fingerprint density at radius 2 is 1.80 bits per heavy atom. The van der Waals surface area contributed by atoms with E-state index >= 15 is 0 Å². The van der Waals surface area contributed by atoms with Crippen molar-refractivity contribution in [2.45, 2.75) is 25.3 Å². The average molecular weight is 508 g/mol. The maximum atomic E-state index is 6.60. The zero-order valence-electron chi connectivity index (χ0n) is 19.5. The summed E-state index contributed by atoms with van der Waals surface area (Å²) in [7, 11) is 0. The first-order chi connectivity index (χ1) is 16.9. The maximum absolute atomic E-state index is 6.60. The van der Waals surface area contributed by atoms with E-state index in [-0.39, 0.29) is 5.54 Å². The van der Waals surface area contributed by atoms with Gasteiger partial charge in [-0.1, -0.05) is 48.8 Å². The Labute approximate surface area is 214 Å². The number of benzene rings is 2. The fraction of sp³-hybridized carbons (Fsp3) is 0.269. The van der Waals surface area contributed by atoms with E-state index in [1.165, 1.54) is 0 Å². The Kier molecular flexibility index (Phi) is 6.40. The highest BCUT2D eigenvalue weighted by Crippen LogP contribution is 2.36. The van der Waals surface area contributed by atoms with Crippen molar-refractivity contribution in [3.05, 3.63) is 77.2 Å². The van der Waals surface area contributed by atoms with Gasteiger partial charge in [0.1, 0.15) is 12.2 Å². The van der Waals surface area contributed by atoms with Crippen LogP contribution in [0.4, 0.5) is 5.82 Å². The van der Waals surface area contributed by atoms with Gasteiger partial charge in [0.15, 0.2) is 17.0 Å². The molecule has 0 saturated carbocycles. The topological polar surface area (TPSA) is 84.9 Å². The molecule has 1 aliphatic rings. The second-order valence-electron chi connectivity index (χ2n) is 8.72. The second-order valence-corrected chi connectivity index (χ2v) is 9.56. The molecule has 0 aliphatic carbocycles. The summed E-state index contributed by atoms with van der Waals surface area (Å²) in [5, 5.41) is 4.82. The van der Waals surface area contributed by atoms with Gasteiger partial charge in [0, 0.05) is 35.1 Å². The lowest BCUT2D eigenvalue weighted by atomic mass is 9.85.